The van der Waals surface area contributed by atoms with Gasteiger partial charge in [-0.25, -0.2) is 4.68 Å². The number of benzene rings is 2. The molecule has 0 spiro atoms. The molecule has 0 atom stereocenters. The van der Waals surface area contributed by atoms with Crippen molar-refractivity contribution < 1.29 is 9.72 Å². The molecular weight excluding hydrogens is 392 g/mol. The molecule has 1 amide bonds. The Morgan fingerprint density at radius 2 is 1.93 bits per heavy atom. The first kappa shape index (κ1) is 20.3. The van der Waals surface area contributed by atoms with Gasteiger partial charge in [0.15, 0.2) is 0 Å². The molecular formula is C21H19ClN4O3. The highest BCUT2D eigenvalue weighted by molar-refractivity contribution is 6.31. The van der Waals surface area contributed by atoms with Gasteiger partial charge in [0.25, 0.3) is 5.69 Å². The number of rotatable bonds is 6. The molecule has 0 aliphatic carbocycles. The van der Waals surface area contributed by atoms with Crippen LogP contribution in [0, 0.1) is 24.0 Å². The second kappa shape index (κ2) is 8.70. The van der Waals surface area contributed by atoms with Crippen LogP contribution >= 0.6 is 11.6 Å². The Morgan fingerprint density at radius 3 is 2.62 bits per heavy atom. The third-order valence-corrected chi connectivity index (χ3v) is 4.84. The van der Waals surface area contributed by atoms with Crippen molar-refractivity contribution in [3.05, 3.63) is 92.3 Å². The fourth-order valence-electron chi connectivity index (χ4n) is 2.91. The quantitative estimate of drug-likeness (QED) is 0.360. The molecule has 1 aromatic heterocycles. The van der Waals surface area contributed by atoms with Crippen molar-refractivity contribution in [1.29, 1.82) is 0 Å². The van der Waals surface area contributed by atoms with Crippen molar-refractivity contribution in [2.75, 3.05) is 5.32 Å². The molecule has 0 saturated carbocycles. The third kappa shape index (κ3) is 4.70. The summed E-state index contributed by atoms with van der Waals surface area (Å²) < 4.78 is 1.68. The number of nitro groups is 1. The van der Waals surface area contributed by atoms with Crippen LogP contribution in [0.2, 0.25) is 5.15 Å². The van der Waals surface area contributed by atoms with Gasteiger partial charge in [0.05, 0.1) is 28.4 Å². The van der Waals surface area contributed by atoms with E-state index in [1.54, 1.807) is 23.7 Å². The van der Waals surface area contributed by atoms with Crippen LogP contribution in [-0.4, -0.2) is 20.6 Å². The Morgan fingerprint density at radius 1 is 1.21 bits per heavy atom. The Hall–Kier alpha value is -3.45. The number of anilines is 1. The highest BCUT2D eigenvalue weighted by Gasteiger charge is 2.15. The average Bonchev–Trinajstić information content (AvgIpc) is 2.95. The second-order valence-electron chi connectivity index (χ2n) is 6.46. The molecule has 7 nitrogen and oxygen atoms in total. The lowest BCUT2D eigenvalue weighted by molar-refractivity contribution is -0.385. The maximum Gasteiger partial charge on any atom is 0.274 e. The first-order valence-electron chi connectivity index (χ1n) is 8.86. The molecule has 0 fully saturated rings. The summed E-state index contributed by atoms with van der Waals surface area (Å²) in [6, 6.07) is 14.3. The van der Waals surface area contributed by atoms with Crippen LogP contribution in [-0.2, 0) is 11.3 Å². The van der Waals surface area contributed by atoms with Gasteiger partial charge in [-0.3, -0.25) is 14.9 Å². The normalized spacial score (nSPS) is 11.0. The van der Waals surface area contributed by atoms with Crippen molar-refractivity contribution in [2.24, 2.45) is 0 Å². The summed E-state index contributed by atoms with van der Waals surface area (Å²) in [5.41, 5.74) is 3.13. The molecule has 0 aliphatic heterocycles. The first-order chi connectivity index (χ1) is 13.9. The molecule has 29 heavy (non-hydrogen) atoms. The van der Waals surface area contributed by atoms with Crippen LogP contribution in [0.15, 0.2) is 54.6 Å². The van der Waals surface area contributed by atoms with Crippen LogP contribution in [0.5, 0.6) is 0 Å². The Labute approximate surface area is 172 Å². The van der Waals surface area contributed by atoms with E-state index in [1.165, 1.54) is 18.2 Å². The molecule has 3 rings (SSSR count). The highest BCUT2D eigenvalue weighted by Crippen LogP contribution is 2.25. The lowest BCUT2D eigenvalue weighted by atomic mass is 10.1. The van der Waals surface area contributed by atoms with Crippen LogP contribution in [0.4, 0.5) is 11.4 Å². The average molecular weight is 411 g/mol. The van der Waals surface area contributed by atoms with Gasteiger partial charge in [0.1, 0.15) is 5.15 Å². The van der Waals surface area contributed by atoms with E-state index >= 15 is 0 Å². The van der Waals surface area contributed by atoms with Gasteiger partial charge in [-0.2, -0.15) is 5.10 Å². The predicted molar refractivity (Wildman–Crippen MR) is 113 cm³/mol. The van der Waals surface area contributed by atoms with Crippen molar-refractivity contribution >= 4 is 35.0 Å². The molecule has 148 valence electrons. The van der Waals surface area contributed by atoms with Gasteiger partial charge in [-0.15, -0.1) is 0 Å². The summed E-state index contributed by atoms with van der Waals surface area (Å²) in [6.07, 6.45) is 2.93. The van der Waals surface area contributed by atoms with Gasteiger partial charge in [0, 0.05) is 17.7 Å². The van der Waals surface area contributed by atoms with E-state index in [0.717, 1.165) is 5.56 Å². The minimum atomic E-state index is -0.481. The summed E-state index contributed by atoms with van der Waals surface area (Å²) in [6.45, 7) is 3.93. The van der Waals surface area contributed by atoms with E-state index < -0.39 is 10.8 Å². The van der Waals surface area contributed by atoms with Crippen LogP contribution in [0.1, 0.15) is 22.4 Å². The van der Waals surface area contributed by atoms with E-state index in [1.807, 2.05) is 37.3 Å². The molecule has 0 radical (unpaired) electrons. The number of nitrogens with one attached hydrogen (secondary N) is 1. The van der Waals surface area contributed by atoms with Crippen molar-refractivity contribution in [3.63, 3.8) is 0 Å². The zero-order valence-electron chi connectivity index (χ0n) is 15.9. The topological polar surface area (TPSA) is 90.1 Å². The lowest BCUT2D eigenvalue weighted by Gasteiger charge is -2.06. The predicted octanol–water partition coefficient (Wildman–Crippen LogP) is 4.76. The summed E-state index contributed by atoms with van der Waals surface area (Å²) >= 11 is 6.45. The molecule has 3 aromatic rings. The Balaban J connectivity index is 1.76. The number of hydrogen-bond donors (Lipinski definition) is 1. The number of carbonyl (C=O) groups is 1. The van der Waals surface area contributed by atoms with Crippen LogP contribution < -0.4 is 5.32 Å². The number of carbonyl (C=O) groups excluding carboxylic acids is 1. The first-order valence-corrected chi connectivity index (χ1v) is 9.24. The number of amides is 1. The molecule has 0 aliphatic rings. The van der Waals surface area contributed by atoms with E-state index in [-0.39, 0.29) is 5.69 Å². The van der Waals surface area contributed by atoms with Crippen molar-refractivity contribution in [2.45, 2.75) is 20.4 Å². The summed E-state index contributed by atoms with van der Waals surface area (Å²) in [5, 5.41) is 18.6. The van der Waals surface area contributed by atoms with Gasteiger partial charge in [-0.05, 0) is 31.6 Å². The number of hydrogen-bond acceptors (Lipinski definition) is 4. The Bertz CT molecular complexity index is 1090. The molecule has 2 aromatic carbocycles. The van der Waals surface area contributed by atoms with Crippen LogP contribution in [0.3, 0.4) is 0 Å². The monoisotopic (exact) mass is 410 g/mol. The summed E-state index contributed by atoms with van der Waals surface area (Å²) in [7, 11) is 0. The largest absolute Gasteiger partial charge is 0.322 e. The molecule has 0 unspecified atom stereocenters. The van der Waals surface area contributed by atoms with E-state index in [9.17, 15) is 14.9 Å². The standard InChI is InChI=1S/C21H19ClN4O3/c1-14-18(9-6-10-19(14)26(28)29)23-20(27)12-11-17-15(2)24-25(21(17)22)13-16-7-4-3-5-8-16/h3-12H,13H2,1-2H3,(H,23,27)/b12-11+. The maximum atomic E-state index is 12.3. The smallest absolute Gasteiger partial charge is 0.274 e. The zero-order chi connectivity index (χ0) is 21.0. The fraction of sp³-hybridized carbons (Fsp3) is 0.143. The lowest BCUT2D eigenvalue weighted by Crippen LogP contribution is -2.09. The zero-order valence-corrected chi connectivity index (χ0v) is 16.7. The summed E-state index contributed by atoms with van der Waals surface area (Å²) in [4.78, 5) is 22.9. The van der Waals surface area contributed by atoms with E-state index in [0.29, 0.717) is 34.2 Å². The number of aryl methyl sites for hydroxylation is 1. The SMILES string of the molecule is Cc1nn(Cc2ccccc2)c(Cl)c1/C=C/C(=O)Nc1cccc([N+](=O)[O-])c1C. The number of halogens is 1. The van der Waals surface area contributed by atoms with Crippen molar-refractivity contribution in [1.82, 2.24) is 9.78 Å². The minimum absolute atomic E-state index is 0.0483. The molecule has 1 N–H and O–H groups in total. The molecule has 8 heteroatoms. The van der Waals surface area contributed by atoms with Gasteiger partial charge >= 0.3 is 0 Å². The fourth-order valence-corrected chi connectivity index (χ4v) is 3.21. The molecule has 1 heterocycles. The number of nitro benzene ring substituents is 1. The highest BCUT2D eigenvalue weighted by atomic mass is 35.5. The van der Waals surface area contributed by atoms with Gasteiger partial charge < -0.3 is 5.32 Å². The molecule has 0 bridgehead atoms. The van der Waals surface area contributed by atoms with E-state index in [4.69, 9.17) is 11.6 Å². The second-order valence-corrected chi connectivity index (χ2v) is 6.82. The van der Waals surface area contributed by atoms with Gasteiger partial charge in [-0.1, -0.05) is 48.0 Å². The minimum Gasteiger partial charge on any atom is -0.322 e. The van der Waals surface area contributed by atoms with Crippen LogP contribution in [0.25, 0.3) is 6.08 Å². The van der Waals surface area contributed by atoms with Crippen molar-refractivity contribution in [3.8, 4) is 0 Å². The summed E-state index contributed by atoms with van der Waals surface area (Å²) in [5.74, 6) is -0.417. The number of aromatic nitrogens is 2. The van der Waals surface area contributed by atoms with Gasteiger partial charge in [0.2, 0.25) is 5.91 Å². The third-order valence-electron chi connectivity index (χ3n) is 4.45. The number of nitrogens with zero attached hydrogens (tertiary/aromatic N) is 3. The maximum absolute atomic E-state index is 12.3. The van der Waals surface area contributed by atoms with E-state index in [2.05, 4.69) is 10.4 Å². The molecule has 0 saturated heterocycles. The Kier molecular flexibility index (Phi) is 6.09.